The average Bonchev–Trinajstić information content (AvgIpc) is 3.52. The lowest BCUT2D eigenvalue weighted by Crippen LogP contribution is -2.38. The zero-order chi connectivity index (χ0) is 26.1. The van der Waals surface area contributed by atoms with Crippen LogP contribution in [0.5, 0.6) is 0 Å². The predicted molar refractivity (Wildman–Crippen MR) is 144 cm³/mol. The van der Waals surface area contributed by atoms with Crippen LogP contribution in [0.25, 0.3) is 22.3 Å². The van der Waals surface area contributed by atoms with Crippen molar-refractivity contribution in [3.8, 4) is 22.3 Å². The van der Waals surface area contributed by atoms with Gasteiger partial charge in [0.05, 0.1) is 11.8 Å². The average molecular weight is 495 g/mol. The maximum Gasteiger partial charge on any atom is 0.255 e. The second-order valence-electron chi connectivity index (χ2n) is 9.72. The highest BCUT2D eigenvalue weighted by Gasteiger charge is 2.29. The quantitative estimate of drug-likeness (QED) is 0.436. The molecule has 1 atom stereocenters. The molecular formula is C29H30N6O2. The van der Waals surface area contributed by atoms with E-state index >= 15 is 0 Å². The van der Waals surface area contributed by atoms with Crippen LogP contribution in [0.2, 0.25) is 0 Å². The number of nitrogens with two attached hydrogens (primary N) is 1. The van der Waals surface area contributed by atoms with E-state index in [4.69, 9.17) is 5.73 Å². The number of carbonyl (C=O) groups is 2. The first-order valence-electron chi connectivity index (χ1n) is 12.3. The lowest BCUT2D eigenvalue weighted by atomic mass is 9.99. The van der Waals surface area contributed by atoms with Crippen molar-refractivity contribution in [2.45, 2.75) is 26.3 Å². The van der Waals surface area contributed by atoms with Gasteiger partial charge in [-0.25, -0.2) is 4.98 Å². The first-order valence-corrected chi connectivity index (χ1v) is 12.3. The topological polar surface area (TPSA) is 106 Å². The van der Waals surface area contributed by atoms with E-state index in [1.165, 1.54) is 11.1 Å². The number of nitrogens with zero attached hydrogens (tertiary/aromatic N) is 4. The number of benzene rings is 2. The molecule has 0 unspecified atom stereocenters. The molecule has 2 aromatic carbocycles. The summed E-state index contributed by atoms with van der Waals surface area (Å²) in [4.78, 5) is 32.1. The SMILES string of the molecule is Cc1cc(C)cc(-c2ccc(C(=O)N3CC[C@@H](NC(=O)c4cc(-c5cnn(C)c5)cnc4N)C3)cc2)c1. The number of aryl methyl sites for hydroxylation is 3. The molecule has 3 heterocycles. The number of hydrogen-bond acceptors (Lipinski definition) is 5. The summed E-state index contributed by atoms with van der Waals surface area (Å²) < 4.78 is 1.69. The third kappa shape index (κ3) is 5.23. The van der Waals surface area contributed by atoms with Crippen molar-refractivity contribution in [2.75, 3.05) is 18.8 Å². The van der Waals surface area contributed by atoms with Gasteiger partial charge in [0.1, 0.15) is 5.82 Å². The largest absolute Gasteiger partial charge is 0.383 e. The summed E-state index contributed by atoms with van der Waals surface area (Å²) in [5.74, 6) is -0.170. The van der Waals surface area contributed by atoms with E-state index in [2.05, 4.69) is 47.4 Å². The number of carbonyl (C=O) groups excluding carboxylic acids is 2. The number of nitrogen functional groups attached to an aromatic ring is 1. The highest BCUT2D eigenvalue weighted by molar-refractivity contribution is 6.00. The van der Waals surface area contributed by atoms with Gasteiger partial charge in [-0.15, -0.1) is 0 Å². The van der Waals surface area contributed by atoms with Crippen LogP contribution in [0.15, 0.2) is 67.1 Å². The number of rotatable bonds is 5. The minimum atomic E-state index is -0.298. The number of anilines is 1. The molecule has 3 N–H and O–H groups in total. The maximum absolute atomic E-state index is 13.1. The zero-order valence-corrected chi connectivity index (χ0v) is 21.2. The molecule has 4 aromatic rings. The molecule has 0 aliphatic carbocycles. The first-order chi connectivity index (χ1) is 17.8. The Morgan fingerprint density at radius 2 is 1.68 bits per heavy atom. The van der Waals surface area contributed by atoms with Crippen molar-refractivity contribution in [2.24, 2.45) is 7.05 Å². The summed E-state index contributed by atoms with van der Waals surface area (Å²) in [7, 11) is 1.83. The van der Waals surface area contributed by atoms with Gasteiger partial charge in [-0.05, 0) is 49.6 Å². The smallest absolute Gasteiger partial charge is 0.255 e. The predicted octanol–water partition coefficient (Wildman–Crippen LogP) is 3.99. The van der Waals surface area contributed by atoms with Crippen LogP contribution in [0.1, 0.15) is 38.3 Å². The Hall–Kier alpha value is -4.46. The van der Waals surface area contributed by atoms with E-state index in [-0.39, 0.29) is 23.7 Å². The second-order valence-corrected chi connectivity index (χ2v) is 9.72. The first kappa shape index (κ1) is 24.2. The molecule has 1 aliphatic heterocycles. The lowest BCUT2D eigenvalue weighted by Gasteiger charge is -2.18. The van der Waals surface area contributed by atoms with E-state index in [1.807, 2.05) is 37.5 Å². The molecule has 0 bridgehead atoms. The van der Waals surface area contributed by atoms with E-state index in [0.717, 1.165) is 22.3 Å². The molecule has 1 saturated heterocycles. The molecule has 2 aromatic heterocycles. The maximum atomic E-state index is 13.1. The van der Waals surface area contributed by atoms with Gasteiger partial charge >= 0.3 is 0 Å². The van der Waals surface area contributed by atoms with Gasteiger partial charge in [-0.2, -0.15) is 5.10 Å². The number of hydrogen-bond donors (Lipinski definition) is 2. The summed E-state index contributed by atoms with van der Waals surface area (Å²) in [6.45, 7) is 5.18. The van der Waals surface area contributed by atoms with Gasteiger partial charge in [-0.1, -0.05) is 41.5 Å². The van der Waals surface area contributed by atoms with Crippen molar-refractivity contribution in [3.05, 3.63) is 89.4 Å². The highest BCUT2D eigenvalue weighted by Crippen LogP contribution is 2.25. The molecule has 1 fully saturated rings. The molecule has 1 aliphatic rings. The molecule has 37 heavy (non-hydrogen) atoms. The monoisotopic (exact) mass is 494 g/mol. The Kier molecular flexibility index (Phi) is 6.48. The number of pyridine rings is 1. The second kappa shape index (κ2) is 9.89. The van der Waals surface area contributed by atoms with E-state index < -0.39 is 0 Å². The highest BCUT2D eigenvalue weighted by atomic mass is 16.2. The zero-order valence-electron chi connectivity index (χ0n) is 21.2. The van der Waals surface area contributed by atoms with Crippen molar-refractivity contribution in [1.82, 2.24) is 25.0 Å². The van der Waals surface area contributed by atoms with Gasteiger partial charge in [-0.3, -0.25) is 14.3 Å². The molecule has 0 radical (unpaired) electrons. The van der Waals surface area contributed by atoms with Crippen molar-refractivity contribution in [1.29, 1.82) is 0 Å². The summed E-state index contributed by atoms with van der Waals surface area (Å²) in [6.07, 6.45) is 5.87. The van der Waals surface area contributed by atoms with E-state index in [0.29, 0.717) is 30.6 Å². The molecule has 0 saturated carbocycles. The Balaban J connectivity index is 1.23. The van der Waals surface area contributed by atoms with Crippen molar-refractivity contribution < 1.29 is 9.59 Å². The fourth-order valence-corrected chi connectivity index (χ4v) is 4.84. The van der Waals surface area contributed by atoms with Crippen molar-refractivity contribution >= 4 is 17.6 Å². The van der Waals surface area contributed by atoms with Gasteiger partial charge in [0.2, 0.25) is 0 Å². The van der Waals surface area contributed by atoms with Crippen LogP contribution in [0.4, 0.5) is 5.82 Å². The minimum Gasteiger partial charge on any atom is -0.383 e. The fraction of sp³-hybridized carbons (Fsp3) is 0.241. The standard InChI is InChI=1S/C29H30N6O2/c1-18-10-19(2)12-22(11-18)20-4-6-21(7-5-20)29(37)35-9-8-25(17-35)33-28(36)26-13-23(14-31-27(26)30)24-15-32-34(3)16-24/h4-7,10-16,25H,8-9,17H2,1-3H3,(H2,30,31)(H,33,36)/t25-/m1/s1. The van der Waals surface area contributed by atoms with Gasteiger partial charge in [0, 0.05) is 55.3 Å². The van der Waals surface area contributed by atoms with Gasteiger partial charge in [0.15, 0.2) is 0 Å². The third-order valence-electron chi connectivity index (χ3n) is 6.70. The van der Waals surface area contributed by atoms with Crippen LogP contribution in [-0.4, -0.2) is 50.6 Å². The molecule has 2 amide bonds. The van der Waals surface area contributed by atoms with Crippen LogP contribution in [0, 0.1) is 13.8 Å². The Morgan fingerprint density at radius 1 is 0.946 bits per heavy atom. The molecule has 8 heteroatoms. The van der Waals surface area contributed by atoms with Gasteiger partial charge < -0.3 is 16.0 Å². The summed E-state index contributed by atoms with van der Waals surface area (Å²) in [6, 6.07) is 15.7. The third-order valence-corrected chi connectivity index (χ3v) is 6.70. The number of aromatic nitrogens is 3. The molecular weight excluding hydrogens is 464 g/mol. The summed E-state index contributed by atoms with van der Waals surface area (Å²) >= 11 is 0. The molecule has 5 rings (SSSR count). The molecule has 8 nitrogen and oxygen atoms in total. The van der Waals surface area contributed by atoms with Crippen LogP contribution >= 0.6 is 0 Å². The Labute approximate surface area is 216 Å². The number of nitrogens with one attached hydrogen (secondary N) is 1. The number of amides is 2. The molecule has 188 valence electrons. The summed E-state index contributed by atoms with van der Waals surface area (Å²) in [5.41, 5.74) is 13.2. The Morgan fingerprint density at radius 3 is 2.35 bits per heavy atom. The fourth-order valence-electron chi connectivity index (χ4n) is 4.84. The normalized spacial score (nSPS) is 15.1. The summed E-state index contributed by atoms with van der Waals surface area (Å²) in [5, 5.41) is 7.19. The van der Waals surface area contributed by atoms with Crippen LogP contribution < -0.4 is 11.1 Å². The van der Waals surface area contributed by atoms with Crippen LogP contribution in [0.3, 0.4) is 0 Å². The van der Waals surface area contributed by atoms with Crippen molar-refractivity contribution in [3.63, 3.8) is 0 Å². The molecule has 0 spiro atoms. The van der Waals surface area contributed by atoms with E-state index in [9.17, 15) is 9.59 Å². The lowest BCUT2D eigenvalue weighted by molar-refractivity contribution is 0.0783. The van der Waals surface area contributed by atoms with Gasteiger partial charge in [0.25, 0.3) is 11.8 Å². The Bertz CT molecular complexity index is 1450. The minimum absolute atomic E-state index is 0.0384. The number of likely N-dealkylation sites (tertiary alicyclic amines) is 1. The van der Waals surface area contributed by atoms with E-state index in [1.54, 1.807) is 28.0 Å². The van der Waals surface area contributed by atoms with Crippen LogP contribution in [-0.2, 0) is 7.05 Å².